The zero-order valence-electron chi connectivity index (χ0n) is 27.1. The summed E-state index contributed by atoms with van der Waals surface area (Å²) in [5, 5.41) is 7.06. The second-order valence-electron chi connectivity index (χ2n) is 12.5. The average molecular weight is 633 g/mol. The van der Waals surface area contributed by atoms with Crippen LogP contribution >= 0.6 is 0 Å². The van der Waals surface area contributed by atoms with Crippen molar-refractivity contribution >= 4 is 42.0 Å². The van der Waals surface area contributed by atoms with E-state index in [0.29, 0.717) is 30.7 Å². The lowest BCUT2D eigenvalue weighted by Gasteiger charge is -2.43. The van der Waals surface area contributed by atoms with E-state index >= 15 is 0 Å². The number of fused-ring (bicyclic) bond motifs is 1. The predicted octanol–water partition coefficient (Wildman–Crippen LogP) is 3.97. The fraction of sp³-hybridized carbons (Fsp3) is 0.455. The Bertz CT molecular complexity index is 1600. The van der Waals surface area contributed by atoms with Crippen molar-refractivity contribution in [3.63, 3.8) is 0 Å². The third-order valence-electron chi connectivity index (χ3n) is 7.96. The molecule has 240 valence electrons. The van der Waals surface area contributed by atoms with Crippen molar-refractivity contribution in [1.29, 1.82) is 0 Å². The van der Waals surface area contributed by atoms with Crippen molar-refractivity contribution in [1.82, 2.24) is 24.6 Å². The highest BCUT2D eigenvalue weighted by molar-refractivity contribution is 6.99. The molecule has 1 aliphatic heterocycles. The molecule has 0 spiro atoms. The van der Waals surface area contributed by atoms with Crippen LogP contribution in [-0.2, 0) is 18.6 Å². The summed E-state index contributed by atoms with van der Waals surface area (Å²) in [6.07, 6.45) is 1.76. The molecule has 0 amide bonds. The van der Waals surface area contributed by atoms with Gasteiger partial charge in [0.25, 0.3) is 13.9 Å². The second kappa shape index (κ2) is 13.8. The van der Waals surface area contributed by atoms with Crippen LogP contribution in [0, 0.1) is 0 Å². The number of hydrogen-bond donors (Lipinski definition) is 1. The topological polar surface area (TPSA) is 116 Å². The first-order valence-electron chi connectivity index (χ1n) is 15.4. The minimum Gasteiger partial charge on any atom is -0.405 e. The number of aliphatic imine (C=N–C) groups is 1. The highest BCUT2D eigenvalue weighted by atomic mass is 28.4. The molecule has 2 aromatic carbocycles. The van der Waals surface area contributed by atoms with E-state index in [2.05, 4.69) is 89.4 Å². The maximum Gasteiger partial charge on any atom is 0.263 e. The normalized spacial score (nSPS) is 19.8. The lowest BCUT2D eigenvalue weighted by Crippen LogP contribution is -2.67. The molecular weight excluding hydrogens is 588 g/mol. The third-order valence-corrected chi connectivity index (χ3v) is 13.0. The van der Waals surface area contributed by atoms with Gasteiger partial charge in [-0.15, -0.1) is 0 Å². The zero-order chi connectivity index (χ0) is 32.2. The van der Waals surface area contributed by atoms with Gasteiger partial charge < -0.3 is 23.5 Å². The Kier molecular flexibility index (Phi) is 9.99. The van der Waals surface area contributed by atoms with Crippen LogP contribution in [-0.4, -0.2) is 85.1 Å². The largest absolute Gasteiger partial charge is 0.405 e. The molecule has 11 nitrogen and oxygen atoms in total. The number of nitrogens with one attached hydrogen (secondary N) is 1. The van der Waals surface area contributed by atoms with Gasteiger partial charge in [0, 0.05) is 27.1 Å². The standard InChI is InChI=1S/C33H44N6O5Si/c1-8-41-23(2)43-27-19-29(39-30-26(20-35-39)31(40)37-32(36-30)34-22-38(6)7)44-28(27)21-42-45(33(3,4)5,24-15-11-9-12-16-24)25-17-13-10-14-18-25/h9-18,20,22-23,27-29H,8,19,21H2,1-7H3,(H,36,37,40)/b34-22-/t23?,27-,28-,29-/m1/s1. The summed E-state index contributed by atoms with van der Waals surface area (Å²) in [6.45, 7) is 11.4. The van der Waals surface area contributed by atoms with Crippen LogP contribution in [0.4, 0.5) is 5.95 Å². The SMILES string of the molecule is CCOC(C)O[C@@H]1C[C@H](n2ncc3c(=O)[nH]c(/N=C\N(C)C)nc32)O[C@@H]1CO[Si](c1ccccc1)(c1ccccc1)C(C)(C)C. The first kappa shape index (κ1) is 32.7. The fourth-order valence-corrected chi connectivity index (χ4v) is 10.6. The molecule has 4 aromatic rings. The molecule has 12 heteroatoms. The van der Waals surface area contributed by atoms with Crippen LogP contribution in [0.2, 0.25) is 5.04 Å². The first-order valence-corrected chi connectivity index (χ1v) is 17.3. The number of H-pyrrole nitrogens is 1. The third kappa shape index (κ3) is 6.95. The smallest absolute Gasteiger partial charge is 0.263 e. The number of rotatable bonds is 12. The summed E-state index contributed by atoms with van der Waals surface area (Å²) in [6, 6.07) is 21.0. The lowest BCUT2D eigenvalue weighted by molar-refractivity contribution is -0.172. The lowest BCUT2D eigenvalue weighted by atomic mass is 10.2. The molecule has 1 unspecified atom stereocenters. The second-order valence-corrected chi connectivity index (χ2v) is 16.8. The number of hydrogen-bond acceptors (Lipinski definition) is 8. The van der Waals surface area contributed by atoms with Crippen molar-refractivity contribution < 1.29 is 18.6 Å². The Hall–Kier alpha value is -3.68. The number of benzene rings is 2. The highest BCUT2D eigenvalue weighted by Crippen LogP contribution is 2.39. The van der Waals surface area contributed by atoms with E-state index in [1.165, 1.54) is 16.6 Å². The molecule has 1 fully saturated rings. The van der Waals surface area contributed by atoms with Gasteiger partial charge >= 0.3 is 0 Å². The fourth-order valence-electron chi connectivity index (χ4n) is 6.00. The van der Waals surface area contributed by atoms with E-state index in [1.54, 1.807) is 15.9 Å². The number of aromatic nitrogens is 4. The van der Waals surface area contributed by atoms with E-state index in [1.807, 2.05) is 40.1 Å². The monoisotopic (exact) mass is 632 g/mol. The van der Waals surface area contributed by atoms with Crippen LogP contribution < -0.4 is 15.9 Å². The molecule has 0 aliphatic carbocycles. The Labute approximate surface area is 265 Å². The Morgan fingerprint density at radius 1 is 1.13 bits per heavy atom. The molecule has 1 N–H and O–H groups in total. The Balaban J connectivity index is 1.50. The molecule has 0 bridgehead atoms. The van der Waals surface area contributed by atoms with E-state index in [4.69, 9.17) is 18.6 Å². The van der Waals surface area contributed by atoms with Gasteiger partial charge in [-0.1, -0.05) is 81.4 Å². The maximum absolute atomic E-state index is 12.9. The van der Waals surface area contributed by atoms with Gasteiger partial charge in [0.1, 0.15) is 11.5 Å². The predicted molar refractivity (Wildman–Crippen MR) is 178 cm³/mol. The highest BCUT2D eigenvalue weighted by Gasteiger charge is 2.51. The summed E-state index contributed by atoms with van der Waals surface area (Å²) in [5.41, 5.74) is 0.0688. The molecule has 5 rings (SSSR count). The molecule has 0 radical (unpaired) electrons. The van der Waals surface area contributed by atoms with Crippen molar-refractivity contribution in [3.8, 4) is 0 Å². The van der Waals surface area contributed by atoms with Gasteiger partial charge in [0.2, 0.25) is 5.95 Å². The molecule has 3 heterocycles. The molecule has 0 saturated carbocycles. The number of aromatic amines is 1. The zero-order valence-corrected chi connectivity index (χ0v) is 28.1. The molecule has 1 aliphatic rings. The van der Waals surface area contributed by atoms with Gasteiger partial charge in [-0.3, -0.25) is 9.78 Å². The average Bonchev–Trinajstić information content (AvgIpc) is 3.61. The van der Waals surface area contributed by atoms with Gasteiger partial charge in [-0.05, 0) is 29.3 Å². The Morgan fingerprint density at radius 2 is 1.78 bits per heavy atom. The molecule has 1 saturated heterocycles. The van der Waals surface area contributed by atoms with Crippen LogP contribution in [0.1, 0.15) is 47.3 Å². The van der Waals surface area contributed by atoms with E-state index in [9.17, 15) is 4.79 Å². The number of ether oxygens (including phenoxy) is 3. The quantitative estimate of drug-likeness (QED) is 0.108. The van der Waals surface area contributed by atoms with Crippen molar-refractivity contribution in [3.05, 3.63) is 77.2 Å². The van der Waals surface area contributed by atoms with E-state index < -0.39 is 26.9 Å². The number of nitrogens with zero attached hydrogens (tertiary/aromatic N) is 5. The van der Waals surface area contributed by atoms with Gasteiger partial charge in [0.15, 0.2) is 18.2 Å². The minimum atomic E-state index is -2.83. The maximum atomic E-state index is 12.9. The van der Waals surface area contributed by atoms with E-state index in [0.717, 1.165) is 0 Å². The Morgan fingerprint density at radius 3 is 2.36 bits per heavy atom. The summed E-state index contributed by atoms with van der Waals surface area (Å²) in [7, 11) is 0.851. The van der Waals surface area contributed by atoms with Crippen molar-refractivity contribution in [2.45, 2.75) is 70.8 Å². The van der Waals surface area contributed by atoms with Gasteiger partial charge in [-0.25, -0.2) is 9.67 Å². The van der Waals surface area contributed by atoms with Crippen molar-refractivity contribution in [2.24, 2.45) is 4.99 Å². The summed E-state index contributed by atoms with van der Waals surface area (Å²) < 4.78 is 27.7. The van der Waals surface area contributed by atoms with Gasteiger partial charge in [-0.2, -0.15) is 10.1 Å². The van der Waals surface area contributed by atoms with Crippen LogP contribution in [0.15, 0.2) is 76.6 Å². The van der Waals surface area contributed by atoms with Crippen LogP contribution in [0.3, 0.4) is 0 Å². The minimum absolute atomic E-state index is 0.185. The summed E-state index contributed by atoms with van der Waals surface area (Å²) >= 11 is 0. The molecule has 45 heavy (non-hydrogen) atoms. The van der Waals surface area contributed by atoms with E-state index in [-0.39, 0.29) is 22.6 Å². The molecule has 2 aromatic heterocycles. The summed E-state index contributed by atoms with van der Waals surface area (Å²) in [4.78, 5) is 26.2. The van der Waals surface area contributed by atoms with Crippen LogP contribution in [0.5, 0.6) is 0 Å². The van der Waals surface area contributed by atoms with Gasteiger partial charge in [0.05, 0.1) is 25.2 Å². The first-order chi connectivity index (χ1) is 21.5. The van der Waals surface area contributed by atoms with Crippen LogP contribution in [0.25, 0.3) is 11.0 Å². The van der Waals surface area contributed by atoms with Crippen molar-refractivity contribution in [2.75, 3.05) is 27.3 Å². The molecular formula is C33H44N6O5Si. The summed E-state index contributed by atoms with van der Waals surface area (Å²) in [5.74, 6) is 0.185. The molecule has 4 atom stereocenters.